The Bertz CT molecular complexity index is 324. The second-order valence-electron chi connectivity index (χ2n) is 7.44. The molecule has 1 aliphatic rings. The number of carbonyl (C=O) groups is 1. The van der Waals surface area contributed by atoms with E-state index in [4.69, 9.17) is 5.73 Å². The van der Waals surface area contributed by atoms with Gasteiger partial charge in [-0.25, -0.2) is 0 Å². The number of hydrogen-bond donors (Lipinski definition) is 3. The van der Waals surface area contributed by atoms with Crippen LogP contribution in [0.15, 0.2) is 0 Å². The molecule has 1 saturated carbocycles. The first-order valence-corrected chi connectivity index (χ1v) is 7.27. The number of hydrogen-bond acceptors (Lipinski definition) is 3. The van der Waals surface area contributed by atoms with Crippen molar-refractivity contribution in [3.63, 3.8) is 0 Å². The predicted molar refractivity (Wildman–Crippen MR) is 77.6 cm³/mol. The molecular formula is C15H30N2O2. The molecule has 0 aliphatic heterocycles. The lowest BCUT2D eigenvalue weighted by Crippen LogP contribution is -2.57. The lowest BCUT2D eigenvalue weighted by molar-refractivity contribution is -0.134. The molecule has 0 unspecified atom stereocenters. The third-order valence-corrected chi connectivity index (χ3v) is 4.96. The van der Waals surface area contributed by atoms with Crippen LogP contribution in [0.1, 0.15) is 60.3 Å². The molecule has 0 radical (unpaired) electrons. The first kappa shape index (κ1) is 16.4. The number of aliphatic hydroxyl groups is 1. The van der Waals surface area contributed by atoms with Crippen LogP contribution < -0.4 is 11.1 Å². The van der Waals surface area contributed by atoms with Gasteiger partial charge in [0.1, 0.15) is 0 Å². The number of amides is 1. The largest absolute Gasteiger partial charge is 0.388 e. The molecule has 0 aromatic rings. The van der Waals surface area contributed by atoms with E-state index in [1.807, 2.05) is 27.7 Å². The Hall–Kier alpha value is -0.610. The first-order valence-electron chi connectivity index (χ1n) is 7.27. The van der Waals surface area contributed by atoms with Gasteiger partial charge in [0.25, 0.3) is 0 Å². The van der Waals surface area contributed by atoms with E-state index in [0.29, 0.717) is 12.5 Å². The predicted octanol–water partition coefficient (Wildman–Crippen LogP) is 1.81. The number of carbonyl (C=O) groups excluding carboxylic acids is 1. The van der Waals surface area contributed by atoms with Crippen molar-refractivity contribution < 1.29 is 9.90 Å². The Morgan fingerprint density at radius 3 is 2.21 bits per heavy atom. The monoisotopic (exact) mass is 270 g/mol. The Morgan fingerprint density at radius 1 is 1.32 bits per heavy atom. The van der Waals surface area contributed by atoms with E-state index in [2.05, 4.69) is 12.2 Å². The van der Waals surface area contributed by atoms with Crippen LogP contribution >= 0.6 is 0 Å². The molecule has 0 bridgehead atoms. The van der Waals surface area contributed by atoms with E-state index in [9.17, 15) is 9.90 Å². The van der Waals surface area contributed by atoms with E-state index in [1.165, 1.54) is 0 Å². The molecule has 4 N–H and O–H groups in total. The summed E-state index contributed by atoms with van der Waals surface area (Å²) < 4.78 is 0. The second-order valence-corrected chi connectivity index (χ2v) is 7.44. The molecule has 4 heteroatoms. The summed E-state index contributed by atoms with van der Waals surface area (Å²) in [4.78, 5) is 12.3. The average Bonchev–Trinajstić information content (AvgIpc) is 2.29. The van der Waals surface area contributed by atoms with Gasteiger partial charge in [-0.15, -0.1) is 0 Å². The number of rotatable bonds is 4. The molecule has 1 rings (SSSR count). The maximum atomic E-state index is 12.3. The summed E-state index contributed by atoms with van der Waals surface area (Å²) in [6.45, 7) is 9.92. The third kappa shape index (κ3) is 3.93. The highest BCUT2D eigenvalue weighted by molar-refractivity contribution is 5.83. The van der Waals surface area contributed by atoms with Crippen molar-refractivity contribution in [3.05, 3.63) is 0 Å². The van der Waals surface area contributed by atoms with E-state index >= 15 is 0 Å². The maximum absolute atomic E-state index is 12.3. The molecule has 0 spiro atoms. The minimum absolute atomic E-state index is 0.0907. The fourth-order valence-electron chi connectivity index (χ4n) is 2.23. The van der Waals surface area contributed by atoms with Gasteiger partial charge in [0.15, 0.2) is 0 Å². The van der Waals surface area contributed by atoms with Crippen LogP contribution in [0, 0.1) is 11.3 Å². The number of nitrogens with one attached hydrogen (secondary N) is 1. The van der Waals surface area contributed by atoms with Crippen LogP contribution in [0.4, 0.5) is 0 Å². The lowest BCUT2D eigenvalue weighted by atomic mass is 9.74. The van der Waals surface area contributed by atoms with Crippen molar-refractivity contribution >= 4 is 5.91 Å². The van der Waals surface area contributed by atoms with Crippen molar-refractivity contribution in [3.8, 4) is 0 Å². The quantitative estimate of drug-likeness (QED) is 0.729. The maximum Gasteiger partial charge on any atom is 0.227 e. The van der Waals surface area contributed by atoms with Crippen LogP contribution in [0.2, 0.25) is 0 Å². The Morgan fingerprint density at radius 2 is 1.79 bits per heavy atom. The third-order valence-electron chi connectivity index (χ3n) is 4.96. The minimum atomic E-state index is -0.739. The van der Waals surface area contributed by atoms with Crippen molar-refractivity contribution in [2.75, 3.05) is 6.54 Å². The van der Waals surface area contributed by atoms with Crippen molar-refractivity contribution in [1.29, 1.82) is 0 Å². The van der Waals surface area contributed by atoms with Crippen LogP contribution in [-0.2, 0) is 4.79 Å². The van der Waals surface area contributed by atoms with Gasteiger partial charge >= 0.3 is 0 Å². The van der Waals surface area contributed by atoms with Crippen LogP contribution in [0.3, 0.4) is 0 Å². The second kappa shape index (κ2) is 5.41. The van der Waals surface area contributed by atoms with Crippen molar-refractivity contribution in [2.24, 2.45) is 17.1 Å². The summed E-state index contributed by atoms with van der Waals surface area (Å²) in [5, 5.41) is 13.3. The zero-order valence-corrected chi connectivity index (χ0v) is 13.0. The summed E-state index contributed by atoms with van der Waals surface area (Å²) in [7, 11) is 0. The summed E-state index contributed by atoms with van der Waals surface area (Å²) in [6.07, 6.45) is 3.58. The zero-order chi connectivity index (χ0) is 14.9. The standard InChI is InChI=1S/C15H30N2O2/c1-11-6-8-15(19,9-7-11)10-17-12(18)13(2,3)14(4,5)16/h11,19H,6-10,16H2,1-5H3,(H,17,18). The summed E-state index contributed by atoms with van der Waals surface area (Å²) in [6, 6.07) is 0. The van der Waals surface area contributed by atoms with Gasteiger partial charge in [0.05, 0.1) is 11.0 Å². The van der Waals surface area contributed by atoms with Crippen molar-refractivity contribution in [2.45, 2.75) is 71.4 Å². The smallest absolute Gasteiger partial charge is 0.227 e. The molecule has 1 fully saturated rings. The summed E-state index contributed by atoms with van der Waals surface area (Å²) in [5.74, 6) is 0.586. The molecule has 0 aromatic heterocycles. The Labute approximate surface area is 117 Å². The van der Waals surface area contributed by atoms with E-state index in [0.717, 1.165) is 25.7 Å². The Balaban J connectivity index is 2.55. The SMILES string of the molecule is CC1CCC(O)(CNC(=O)C(C)(C)C(C)(C)N)CC1. The van der Waals surface area contributed by atoms with E-state index in [-0.39, 0.29) is 5.91 Å². The highest BCUT2D eigenvalue weighted by Gasteiger charge is 2.41. The molecule has 112 valence electrons. The van der Waals surface area contributed by atoms with Gasteiger partial charge in [0.2, 0.25) is 5.91 Å². The van der Waals surface area contributed by atoms with Gasteiger partial charge in [-0.05, 0) is 59.3 Å². The van der Waals surface area contributed by atoms with Gasteiger partial charge < -0.3 is 16.2 Å². The highest BCUT2D eigenvalue weighted by Crippen LogP contribution is 2.32. The van der Waals surface area contributed by atoms with Crippen LogP contribution in [0.25, 0.3) is 0 Å². The fourth-order valence-corrected chi connectivity index (χ4v) is 2.23. The summed E-state index contributed by atoms with van der Waals surface area (Å²) in [5.41, 5.74) is 4.05. The number of nitrogens with two attached hydrogens (primary N) is 1. The highest BCUT2D eigenvalue weighted by atomic mass is 16.3. The molecule has 0 aromatic carbocycles. The molecule has 0 heterocycles. The average molecular weight is 270 g/mol. The molecule has 1 aliphatic carbocycles. The van der Waals surface area contributed by atoms with Gasteiger partial charge in [-0.2, -0.15) is 0 Å². The Kier molecular flexibility index (Phi) is 4.68. The molecule has 19 heavy (non-hydrogen) atoms. The van der Waals surface area contributed by atoms with Crippen LogP contribution in [-0.4, -0.2) is 28.7 Å². The normalized spacial score (nSPS) is 29.1. The molecule has 1 amide bonds. The van der Waals surface area contributed by atoms with Crippen molar-refractivity contribution in [1.82, 2.24) is 5.32 Å². The van der Waals surface area contributed by atoms with E-state index < -0.39 is 16.6 Å². The fraction of sp³-hybridized carbons (Fsp3) is 0.933. The van der Waals surface area contributed by atoms with Gasteiger partial charge in [-0.1, -0.05) is 6.92 Å². The van der Waals surface area contributed by atoms with Gasteiger partial charge in [-0.3, -0.25) is 4.79 Å². The van der Waals surface area contributed by atoms with Gasteiger partial charge in [0, 0.05) is 12.1 Å². The van der Waals surface area contributed by atoms with E-state index in [1.54, 1.807) is 0 Å². The van der Waals surface area contributed by atoms with Crippen LogP contribution in [0.5, 0.6) is 0 Å². The topological polar surface area (TPSA) is 75.3 Å². The zero-order valence-electron chi connectivity index (χ0n) is 13.0. The minimum Gasteiger partial charge on any atom is -0.388 e. The summed E-state index contributed by atoms with van der Waals surface area (Å²) >= 11 is 0. The molecule has 0 atom stereocenters. The molecule has 4 nitrogen and oxygen atoms in total. The molecule has 0 saturated heterocycles. The first-order chi connectivity index (χ1) is 8.48. The lowest BCUT2D eigenvalue weighted by Gasteiger charge is -2.39. The molecular weight excluding hydrogens is 240 g/mol.